The largest absolute Gasteiger partial charge is 0.381 e. The molecule has 6 nitrogen and oxygen atoms in total. The summed E-state index contributed by atoms with van der Waals surface area (Å²) in [6.45, 7) is 2.03. The Balaban J connectivity index is 1.43. The molecule has 29 heavy (non-hydrogen) atoms. The molecular formula is C22H19FN4O2. The number of nitrogens with zero attached hydrogens (tertiary/aromatic N) is 4. The highest BCUT2D eigenvalue weighted by molar-refractivity contribution is 6.05. The van der Waals surface area contributed by atoms with Gasteiger partial charge in [0.15, 0.2) is 0 Å². The number of benzene rings is 1. The maximum atomic E-state index is 13.4. The van der Waals surface area contributed by atoms with Crippen LogP contribution in [0.3, 0.4) is 0 Å². The number of hydrogen-bond acceptors (Lipinski definition) is 4. The highest BCUT2D eigenvalue weighted by Crippen LogP contribution is 2.50. The van der Waals surface area contributed by atoms with Crippen LogP contribution >= 0.6 is 0 Å². The van der Waals surface area contributed by atoms with Crippen molar-refractivity contribution < 1.29 is 13.9 Å². The average molecular weight is 390 g/mol. The van der Waals surface area contributed by atoms with E-state index in [2.05, 4.69) is 10.1 Å². The van der Waals surface area contributed by atoms with E-state index in [4.69, 9.17) is 4.74 Å². The van der Waals surface area contributed by atoms with Gasteiger partial charge in [0.1, 0.15) is 11.5 Å². The highest BCUT2D eigenvalue weighted by Gasteiger charge is 2.59. The van der Waals surface area contributed by atoms with Crippen molar-refractivity contribution in [2.75, 3.05) is 13.2 Å². The van der Waals surface area contributed by atoms with Crippen molar-refractivity contribution in [1.82, 2.24) is 19.7 Å². The summed E-state index contributed by atoms with van der Waals surface area (Å²) < 4.78 is 20.6. The molecule has 1 aliphatic carbocycles. The molecule has 1 saturated carbocycles. The van der Waals surface area contributed by atoms with Crippen molar-refractivity contribution in [3.05, 3.63) is 59.8 Å². The monoisotopic (exact) mass is 390 g/mol. The number of rotatable bonds is 3. The van der Waals surface area contributed by atoms with Gasteiger partial charge in [-0.1, -0.05) is 0 Å². The quantitative estimate of drug-likeness (QED) is 0.690. The first-order valence-corrected chi connectivity index (χ1v) is 9.78. The van der Waals surface area contributed by atoms with Gasteiger partial charge in [-0.2, -0.15) is 5.10 Å². The molecular weight excluding hydrogens is 371 g/mol. The number of pyridine rings is 1. The van der Waals surface area contributed by atoms with Crippen LogP contribution in [0.25, 0.3) is 22.4 Å². The topological polar surface area (TPSA) is 60.2 Å². The Morgan fingerprint density at radius 3 is 2.62 bits per heavy atom. The van der Waals surface area contributed by atoms with Gasteiger partial charge in [0.2, 0.25) is 0 Å². The fraction of sp³-hybridized carbons (Fsp3) is 0.318. The number of carbonyl (C=O) groups excluding carboxylic acids is 1. The lowest BCUT2D eigenvalue weighted by Crippen LogP contribution is -2.30. The average Bonchev–Trinajstić information content (AvgIpc) is 3.10. The third-order valence-corrected chi connectivity index (χ3v) is 6.33. The summed E-state index contributed by atoms with van der Waals surface area (Å²) >= 11 is 0. The molecule has 1 aromatic carbocycles. The normalized spacial score (nSPS) is 24.7. The molecule has 0 bridgehead atoms. The second kappa shape index (κ2) is 5.97. The van der Waals surface area contributed by atoms with Crippen LogP contribution in [0.5, 0.6) is 0 Å². The Morgan fingerprint density at radius 2 is 1.86 bits per heavy atom. The molecule has 2 fully saturated rings. The molecule has 0 radical (unpaired) electrons. The number of hydrogen-bond donors (Lipinski definition) is 0. The van der Waals surface area contributed by atoms with Gasteiger partial charge in [0.25, 0.3) is 5.91 Å². The fourth-order valence-corrected chi connectivity index (χ4v) is 4.88. The van der Waals surface area contributed by atoms with Gasteiger partial charge in [-0.3, -0.25) is 14.5 Å². The molecule has 1 saturated heterocycles. The summed E-state index contributed by atoms with van der Waals surface area (Å²) in [6.07, 6.45) is 3.66. The predicted molar refractivity (Wildman–Crippen MR) is 103 cm³/mol. The molecule has 3 atom stereocenters. The Kier molecular flexibility index (Phi) is 3.47. The van der Waals surface area contributed by atoms with E-state index in [1.54, 1.807) is 23.0 Å². The van der Waals surface area contributed by atoms with Gasteiger partial charge >= 0.3 is 0 Å². The number of aryl methyl sites for hydroxylation is 1. The van der Waals surface area contributed by atoms with Gasteiger partial charge < -0.3 is 9.64 Å². The van der Waals surface area contributed by atoms with Gasteiger partial charge in [-0.25, -0.2) is 4.39 Å². The Labute approximate surface area is 166 Å². The van der Waals surface area contributed by atoms with Gasteiger partial charge in [0.05, 0.1) is 31.0 Å². The molecule has 7 heteroatoms. The molecule has 4 heterocycles. The summed E-state index contributed by atoms with van der Waals surface area (Å²) in [5.41, 5.74) is 4.69. The third-order valence-electron chi connectivity index (χ3n) is 6.33. The van der Waals surface area contributed by atoms with E-state index in [-0.39, 0.29) is 17.8 Å². The van der Waals surface area contributed by atoms with Crippen LogP contribution in [0.4, 0.5) is 4.39 Å². The zero-order chi connectivity index (χ0) is 19.7. The summed E-state index contributed by atoms with van der Waals surface area (Å²) in [5.74, 6) is 0.673. The van der Waals surface area contributed by atoms with Crippen molar-refractivity contribution in [3.63, 3.8) is 0 Å². The first kappa shape index (κ1) is 16.9. The molecule has 146 valence electrons. The maximum Gasteiger partial charge on any atom is 0.257 e. The number of aromatic nitrogens is 3. The number of fused-ring (bicyclic) bond motifs is 2. The number of amides is 1. The Bertz CT molecular complexity index is 1130. The summed E-state index contributed by atoms with van der Waals surface area (Å²) in [5, 5.41) is 4.58. The van der Waals surface area contributed by atoms with Crippen LogP contribution in [0.2, 0.25) is 0 Å². The molecule has 0 unspecified atom stereocenters. The summed E-state index contributed by atoms with van der Waals surface area (Å²) in [7, 11) is 1.84. The van der Waals surface area contributed by atoms with Crippen LogP contribution in [-0.4, -0.2) is 44.8 Å². The Hall–Kier alpha value is -3.06. The van der Waals surface area contributed by atoms with Crippen molar-refractivity contribution in [1.29, 1.82) is 0 Å². The van der Waals surface area contributed by atoms with Crippen LogP contribution in [0.1, 0.15) is 16.1 Å². The Morgan fingerprint density at radius 1 is 1.10 bits per heavy atom. The second-order valence-electron chi connectivity index (χ2n) is 8.04. The van der Waals surface area contributed by atoms with E-state index >= 15 is 0 Å². The maximum absolute atomic E-state index is 13.4. The standard InChI is InChI=1S/C22H19FN4O2/c1-26-8-15(20(25-26)12-2-4-13(23)5-3-12)14-6-7-24-18-9-27(22(28)19(14)18)21-16-10-29-11-17(16)21/h2-8,16-17,21H,9-11H2,1H3/t16-,17+,21+. The van der Waals surface area contributed by atoms with Gasteiger partial charge in [0, 0.05) is 54.0 Å². The van der Waals surface area contributed by atoms with Crippen LogP contribution in [-0.2, 0) is 18.3 Å². The molecule has 3 aromatic rings. The van der Waals surface area contributed by atoms with Gasteiger partial charge in [-0.15, -0.1) is 0 Å². The number of ether oxygens (including phenoxy) is 1. The first-order valence-electron chi connectivity index (χ1n) is 9.78. The van der Waals surface area contributed by atoms with E-state index < -0.39 is 0 Å². The molecule has 3 aliphatic rings. The minimum Gasteiger partial charge on any atom is -0.381 e. The molecule has 6 rings (SSSR count). The van der Waals surface area contributed by atoms with Crippen LogP contribution in [0.15, 0.2) is 42.7 Å². The summed E-state index contributed by atoms with van der Waals surface area (Å²) in [6, 6.07) is 8.41. The molecule has 1 amide bonds. The molecule has 0 N–H and O–H groups in total. The van der Waals surface area contributed by atoms with Crippen LogP contribution in [0, 0.1) is 17.7 Å². The van der Waals surface area contributed by atoms with Crippen molar-refractivity contribution in [2.45, 2.75) is 12.6 Å². The minimum absolute atomic E-state index is 0.0383. The lowest BCUT2D eigenvalue weighted by molar-refractivity contribution is 0.0687. The summed E-state index contributed by atoms with van der Waals surface area (Å²) in [4.78, 5) is 19.8. The number of halogens is 1. The van der Waals surface area contributed by atoms with E-state index in [9.17, 15) is 9.18 Å². The highest BCUT2D eigenvalue weighted by atomic mass is 19.1. The minimum atomic E-state index is -0.291. The lowest BCUT2D eigenvalue weighted by Gasteiger charge is -2.18. The zero-order valence-electron chi connectivity index (χ0n) is 15.9. The van der Waals surface area contributed by atoms with Crippen molar-refractivity contribution in [2.24, 2.45) is 18.9 Å². The van der Waals surface area contributed by atoms with Crippen molar-refractivity contribution in [3.8, 4) is 22.4 Å². The smallest absolute Gasteiger partial charge is 0.257 e. The van der Waals surface area contributed by atoms with E-state index in [0.717, 1.165) is 41.3 Å². The molecule has 0 spiro atoms. The first-order chi connectivity index (χ1) is 14.1. The van der Waals surface area contributed by atoms with Crippen LogP contribution < -0.4 is 0 Å². The lowest BCUT2D eigenvalue weighted by atomic mass is 9.97. The SMILES string of the molecule is Cn1cc(-c2ccnc3c2C(=O)N([C@H]2[C@@H]4COC[C@@H]42)C3)c(-c2ccc(F)cc2)n1. The predicted octanol–water partition coefficient (Wildman–Crippen LogP) is 2.89. The molecule has 2 aliphatic heterocycles. The van der Waals surface area contributed by atoms with E-state index in [1.807, 2.05) is 24.2 Å². The van der Waals surface area contributed by atoms with Gasteiger partial charge in [-0.05, 0) is 30.3 Å². The number of carbonyl (C=O) groups is 1. The van der Waals surface area contributed by atoms with E-state index in [0.29, 0.717) is 23.9 Å². The molecule has 2 aromatic heterocycles. The third kappa shape index (κ3) is 2.47. The second-order valence-corrected chi connectivity index (χ2v) is 8.04. The fourth-order valence-electron chi connectivity index (χ4n) is 4.88. The van der Waals surface area contributed by atoms with Crippen molar-refractivity contribution >= 4 is 5.91 Å². The zero-order valence-corrected chi connectivity index (χ0v) is 15.9. The van der Waals surface area contributed by atoms with E-state index in [1.165, 1.54) is 12.1 Å².